The van der Waals surface area contributed by atoms with E-state index in [1.807, 2.05) is 49.4 Å². The number of methoxy groups -OCH3 is 1. The van der Waals surface area contributed by atoms with Gasteiger partial charge in [-0.1, -0.05) is 48.0 Å². The Morgan fingerprint density at radius 3 is 2.17 bits per heavy atom. The van der Waals surface area contributed by atoms with Gasteiger partial charge in [-0.05, 0) is 48.9 Å². The summed E-state index contributed by atoms with van der Waals surface area (Å²) in [6, 6.07) is 23.2. The predicted octanol–water partition coefficient (Wildman–Crippen LogP) is 3.98. The van der Waals surface area contributed by atoms with E-state index >= 15 is 0 Å². The Morgan fingerprint density at radius 2 is 1.55 bits per heavy atom. The molecule has 0 radical (unpaired) electrons. The maximum Gasteiger partial charge on any atom is 0.251 e. The lowest BCUT2D eigenvalue weighted by atomic mass is 10.0. The van der Waals surface area contributed by atoms with Gasteiger partial charge in [0.1, 0.15) is 11.8 Å². The maximum atomic E-state index is 12.9. The Bertz CT molecular complexity index is 952. The number of nitrogens with one attached hydrogen (secondary N) is 2. The number of carbonyl (C=O) groups is 2. The fourth-order valence-electron chi connectivity index (χ4n) is 2.91. The summed E-state index contributed by atoms with van der Waals surface area (Å²) >= 11 is 0. The van der Waals surface area contributed by atoms with Gasteiger partial charge in [-0.3, -0.25) is 9.59 Å². The van der Waals surface area contributed by atoms with Crippen LogP contribution >= 0.6 is 0 Å². The van der Waals surface area contributed by atoms with Gasteiger partial charge < -0.3 is 15.4 Å². The van der Waals surface area contributed by atoms with Crippen molar-refractivity contribution >= 4 is 17.5 Å². The second-order valence-corrected chi connectivity index (χ2v) is 6.80. The topological polar surface area (TPSA) is 67.4 Å². The van der Waals surface area contributed by atoms with Crippen molar-refractivity contribution in [2.24, 2.45) is 0 Å². The first-order valence-corrected chi connectivity index (χ1v) is 9.41. The average molecular weight is 388 g/mol. The molecular weight excluding hydrogens is 364 g/mol. The summed E-state index contributed by atoms with van der Waals surface area (Å²) in [6.07, 6.45) is 0.389. The molecule has 0 spiro atoms. The molecule has 3 aromatic rings. The molecule has 1 atom stereocenters. The lowest BCUT2D eigenvalue weighted by Gasteiger charge is -2.19. The summed E-state index contributed by atoms with van der Waals surface area (Å²) < 4.78 is 5.14. The Labute approximate surface area is 170 Å². The molecule has 3 aromatic carbocycles. The molecule has 148 valence electrons. The van der Waals surface area contributed by atoms with Gasteiger partial charge in [-0.2, -0.15) is 0 Å². The lowest BCUT2D eigenvalue weighted by Crippen LogP contribution is -2.45. The van der Waals surface area contributed by atoms with Crippen molar-refractivity contribution in [2.75, 3.05) is 12.4 Å². The highest BCUT2D eigenvalue weighted by Crippen LogP contribution is 2.16. The minimum absolute atomic E-state index is 0.278. The summed E-state index contributed by atoms with van der Waals surface area (Å²) in [7, 11) is 1.59. The molecule has 5 nitrogen and oxygen atoms in total. The Kier molecular flexibility index (Phi) is 6.63. The second-order valence-electron chi connectivity index (χ2n) is 6.80. The molecular formula is C24H24N2O3. The van der Waals surface area contributed by atoms with Gasteiger partial charge in [0.15, 0.2) is 0 Å². The highest BCUT2D eigenvalue weighted by molar-refractivity contribution is 6.01. The van der Waals surface area contributed by atoms with Crippen molar-refractivity contribution < 1.29 is 14.3 Å². The molecule has 0 unspecified atom stereocenters. The van der Waals surface area contributed by atoms with E-state index in [0.29, 0.717) is 23.4 Å². The van der Waals surface area contributed by atoms with Crippen LogP contribution in [0.1, 0.15) is 21.5 Å². The third-order valence-electron chi connectivity index (χ3n) is 4.58. The number of hydrogen-bond donors (Lipinski definition) is 2. The van der Waals surface area contributed by atoms with E-state index in [2.05, 4.69) is 10.6 Å². The van der Waals surface area contributed by atoms with Gasteiger partial charge in [-0.15, -0.1) is 0 Å². The lowest BCUT2D eigenvalue weighted by molar-refractivity contribution is -0.118. The van der Waals surface area contributed by atoms with Crippen LogP contribution in [0, 0.1) is 6.92 Å². The van der Waals surface area contributed by atoms with Crippen molar-refractivity contribution in [2.45, 2.75) is 19.4 Å². The molecule has 0 bridgehead atoms. The maximum absolute atomic E-state index is 12.9. The molecule has 0 heterocycles. The molecule has 0 fully saturated rings. The zero-order valence-electron chi connectivity index (χ0n) is 16.5. The first-order valence-electron chi connectivity index (χ1n) is 9.41. The van der Waals surface area contributed by atoms with E-state index in [4.69, 9.17) is 4.74 Å². The zero-order chi connectivity index (χ0) is 20.6. The van der Waals surface area contributed by atoms with Crippen molar-refractivity contribution in [3.8, 4) is 5.75 Å². The van der Waals surface area contributed by atoms with Crippen molar-refractivity contribution in [3.63, 3.8) is 0 Å². The number of carbonyl (C=O) groups excluding carboxylic acids is 2. The number of anilines is 1. The molecule has 0 aliphatic carbocycles. The van der Waals surface area contributed by atoms with E-state index in [1.165, 1.54) is 0 Å². The minimum atomic E-state index is -0.715. The minimum Gasteiger partial charge on any atom is -0.497 e. The van der Waals surface area contributed by atoms with Crippen LogP contribution in [-0.4, -0.2) is 25.0 Å². The number of ether oxygens (including phenoxy) is 1. The summed E-state index contributed by atoms with van der Waals surface area (Å²) in [5.41, 5.74) is 3.19. The van der Waals surface area contributed by atoms with Crippen LogP contribution < -0.4 is 15.4 Å². The van der Waals surface area contributed by atoms with E-state index < -0.39 is 6.04 Å². The number of hydrogen-bond acceptors (Lipinski definition) is 3. The highest BCUT2D eigenvalue weighted by atomic mass is 16.5. The highest BCUT2D eigenvalue weighted by Gasteiger charge is 2.22. The van der Waals surface area contributed by atoms with Gasteiger partial charge in [0.25, 0.3) is 5.91 Å². The number of amides is 2. The molecule has 2 amide bonds. The van der Waals surface area contributed by atoms with Gasteiger partial charge in [0.05, 0.1) is 7.11 Å². The van der Waals surface area contributed by atoms with Crippen LogP contribution in [0.25, 0.3) is 0 Å². The zero-order valence-corrected chi connectivity index (χ0v) is 16.5. The van der Waals surface area contributed by atoms with Crippen molar-refractivity contribution in [1.82, 2.24) is 5.32 Å². The normalized spacial score (nSPS) is 11.4. The third-order valence-corrected chi connectivity index (χ3v) is 4.58. The van der Waals surface area contributed by atoms with Crippen LogP contribution in [0.3, 0.4) is 0 Å². The summed E-state index contributed by atoms with van der Waals surface area (Å²) in [5, 5.41) is 5.74. The summed E-state index contributed by atoms with van der Waals surface area (Å²) in [5.74, 6) is 0.145. The van der Waals surface area contributed by atoms with Gasteiger partial charge in [-0.25, -0.2) is 0 Å². The van der Waals surface area contributed by atoms with Crippen molar-refractivity contribution in [3.05, 3.63) is 95.6 Å². The molecule has 2 N–H and O–H groups in total. The summed E-state index contributed by atoms with van der Waals surface area (Å²) in [4.78, 5) is 25.6. The fraction of sp³-hybridized carbons (Fsp3) is 0.167. The predicted molar refractivity (Wildman–Crippen MR) is 114 cm³/mol. The fourth-order valence-corrected chi connectivity index (χ4v) is 2.91. The first-order chi connectivity index (χ1) is 14.0. The smallest absolute Gasteiger partial charge is 0.251 e. The summed E-state index contributed by atoms with van der Waals surface area (Å²) in [6.45, 7) is 1.96. The van der Waals surface area contributed by atoms with Gasteiger partial charge >= 0.3 is 0 Å². The molecule has 0 aromatic heterocycles. The van der Waals surface area contributed by atoms with E-state index in [9.17, 15) is 9.59 Å². The van der Waals surface area contributed by atoms with Crippen molar-refractivity contribution in [1.29, 1.82) is 0 Å². The van der Waals surface area contributed by atoms with E-state index in [1.54, 1.807) is 43.5 Å². The SMILES string of the molecule is COc1ccc(NC(=O)[C@@H](Cc2ccccc2)NC(=O)c2ccc(C)cc2)cc1. The largest absolute Gasteiger partial charge is 0.497 e. The van der Waals surface area contributed by atoms with Crippen LogP contribution in [-0.2, 0) is 11.2 Å². The number of aryl methyl sites for hydroxylation is 1. The molecule has 3 rings (SSSR count). The third kappa shape index (κ3) is 5.69. The van der Waals surface area contributed by atoms with E-state index in [0.717, 1.165) is 11.1 Å². The van der Waals surface area contributed by atoms with E-state index in [-0.39, 0.29) is 11.8 Å². The number of benzene rings is 3. The van der Waals surface area contributed by atoms with Crippen LogP contribution in [0.15, 0.2) is 78.9 Å². The van der Waals surface area contributed by atoms with Crippen LogP contribution in [0.2, 0.25) is 0 Å². The van der Waals surface area contributed by atoms with Crippen LogP contribution in [0.5, 0.6) is 5.75 Å². The standard InChI is InChI=1S/C24H24N2O3/c1-17-8-10-19(11-9-17)23(27)26-22(16-18-6-4-3-5-7-18)24(28)25-20-12-14-21(29-2)15-13-20/h3-15,22H,16H2,1-2H3,(H,25,28)(H,26,27)/t22-/m1/s1. The van der Waals surface area contributed by atoms with Gasteiger partial charge in [0, 0.05) is 17.7 Å². The van der Waals surface area contributed by atoms with Gasteiger partial charge in [0.2, 0.25) is 5.91 Å². The Morgan fingerprint density at radius 1 is 0.897 bits per heavy atom. The quantitative estimate of drug-likeness (QED) is 0.643. The first kappa shape index (κ1) is 20.1. The van der Waals surface area contributed by atoms with Crippen LogP contribution in [0.4, 0.5) is 5.69 Å². The molecule has 0 saturated heterocycles. The monoisotopic (exact) mass is 388 g/mol. The molecule has 29 heavy (non-hydrogen) atoms. The molecule has 0 aliphatic heterocycles. The Balaban J connectivity index is 1.76. The molecule has 5 heteroatoms. The molecule has 0 saturated carbocycles. The Hall–Kier alpha value is -3.60. The average Bonchev–Trinajstić information content (AvgIpc) is 2.75. The number of rotatable bonds is 7. The molecule has 0 aliphatic rings. The second kappa shape index (κ2) is 9.55.